The van der Waals surface area contributed by atoms with E-state index in [1.165, 1.54) is 22.2 Å². The van der Waals surface area contributed by atoms with E-state index in [1.807, 2.05) is 13.0 Å². The average Bonchev–Trinajstić information content (AvgIpc) is 3.47. The van der Waals surface area contributed by atoms with Crippen LogP contribution in [0.15, 0.2) is 36.5 Å². The Morgan fingerprint density at radius 3 is 2.73 bits per heavy atom. The van der Waals surface area contributed by atoms with E-state index in [9.17, 15) is 14.0 Å². The summed E-state index contributed by atoms with van der Waals surface area (Å²) in [5, 5.41) is 13.4. The topological polar surface area (TPSA) is 107 Å². The number of benzene rings is 1. The maximum absolute atomic E-state index is 12.5. The van der Waals surface area contributed by atoms with Gasteiger partial charge in [-0.3, -0.25) is 9.59 Å². The van der Waals surface area contributed by atoms with E-state index in [1.54, 1.807) is 24.3 Å². The molecule has 2 aromatic heterocycles. The Kier molecular flexibility index (Phi) is 9.16. The molecule has 3 aromatic rings. The third kappa shape index (κ3) is 6.98. The van der Waals surface area contributed by atoms with Crippen molar-refractivity contribution in [2.75, 3.05) is 33.0 Å². The average molecular weight is 496 g/mol. The van der Waals surface area contributed by atoms with Crippen LogP contribution in [0.5, 0.6) is 5.75 Å². The standard InChI is InChI=1S/C21H23ClFN5O4S/c1-2-24-20(29)14-3-5-17(18(11-14)32-10-9-31-8-7-23)28-13-16(26-27-28)21(30)25-12-15-4-6-19(22)33-15/h3-6,11,13H,2,7-10,12H2,1H3,(H,24,29)(H,25,30). The summed E-state index contributed by atoms with van der Waals surface area (Å²) in [5.41, 5.74) is 0.987. The molecule has 3 rings (SSSR count). The zero-order chi connectivity index (χ0) is 23.6. The van der Waals surface area contributed by atoms with Crippen molar-refractivity contribution in [1.82, 2.24) is 25.6 Å². The zero-order valence-corrected chi connectivity index (χ0v) is 19.4. The molecule has 0 fully saturated rings. The highest BCUT2D eigenvalue weighted by Gasteiger charge is 2.16. The molecule has 0 saturated carbocycles. The number of rotatable bonds is 12. The molecule has 0 bridgehead atoms. The molecule has 1 aromatic carbocycles. The highest BCUT2D eigenvalue weighted by molar-refractivity contribution is 7.16. The molecule has 176 valence electrons. The maximum atomic E-state index is 12.5. The third-order valence-electron chi connectivity index (χ3n) is 4.29. The van der Waals surface area contributed by atoms with Gasteiger partial charge in [0.05, 0.1) is 30.3 Å². The fourth-order valence-electron chi connectivity index (χ4n) is 2.78. The zero-order valence-electron chi connectivity index (χ0n) is 17.8. The van der Waals surface area contributed by atoms with E-state index in [-0.39, 0.29) is 31.4 Å². The number of hydrogen-bond donors (Lipinski definition) is 2. The van der Waals surface area contributed by atoms with Crippen LogP contribution in [-0.2, 0) is 11.3 Å². The molecule has 9 nitrogen and oxygen atoms in total. The van der Waals surface area contributed by atoms with Crippen molar-refractivity contribution in [1.29, 1.82) is 0 Å². The molecule has 2 amide bonds. The molecule has 0 radical (unpaired) electrons. The normalized spacial score (nSPS) is 10.8. The molecular formula is C21H23ClFN5O4S. The fourth-order valence-corrected chi connectivity index (χ4v) is 3.81. The first kappa shape index (κ1) is 24.6. The van der Waals surface area contributed by atoms with Crippen LogP contribution in [0.25, 0.3) is 5.69 Å². The van der Waals surface area contributed by atoms with Crippen LogP contribution in [0.4, 0.5) is 4.39 Å². The Morgan fingerprint density at radius 1 is 1.15 bits per heavy atom. The van der Waals surface area contributed by atoms with Crippen LogP contribution in [0.2, 0.25) is 4.34 Å². The van der Waals surface area contributed by atoms with Crippen molar-refractivity contribution < 1.29 is 23.5 Å². The van der Waals surface area contributed by atoms with Crippen LogP contribution in [-0.4, -0.2) is 59.8 Å². The monoisotopic (exact) mass is 495 g/mol. The number of thiophene rings is 1. The van der Waals surface area contributed by atoms with Gasteiger partial charge in [-0.1, -0.05) is 16.8 Å². The molecule has 0 spiro atoms. The van der Waals surface area contributed by atoms with Crippen LogP contribution in [0.3, 0.4) is 0 Å². The number of nitrogens with zero attached hydrogens (tertiary/aromatic N) is 3. The molecule has 0 atom stereocenters. The number of halogens is 2. The predicted molar refractivity (Wildman–Crippen MR) is 122 cm³/mol. The highest BCUT2D eigenvalue weighted by atomic mass is 35.5. The Morgan fingerprint density at radius 2 is 2.00 bits per heavy atom. The number of carbonyl (C=O) groups is 2. The first-order valence-electron chi connectivity index (χ1n) is 10.2. The maximum Gasteiger partial charge on any atom is 0.273 e. The molecule has 0 aliphatic carbocycles. The molecule has 0 saturated heterocycles. The summed E-state index contributed by atoms with van der Waals surface area (Å²) < 4.78 is 25.1. The summed E-state index contributed by atoms with van der Waals surface area (Å²) in [4.78, 5) is 25.6. The van der Waals surface area contributed by atoms with Crippen molar-refractivity contribution in [2.24, 2.45) is 0 Å². The van der Waals surface area contributed by atoms with E-state index in [0.29, 0.717) is 34.4 Å². The summed E-state index contributed by atoms with van der Waals surface area (Å²) in [6.45, 7) is 2.32. The quantitative estimate of drug-likeness (QED) is 0.374. The minimum atomic E-state index is -0.582. The van der Waals surface area contributed by atoms with Crippen molar-refractivity contribution in [2.45, 2.75) is 13.5 Å². The molecular weight excluding hydrogens is 473 g/mol. The van der Waals surface area contributed by atoms with Gasteiger partial charge in [-0.15, -0.1) is 16.4 Å². The lowest BCUT2D eigenvalue weighted by Gasteiger charge is -2.13. The summed E-state index contributed by atoms with van der Waals surface area (Å²) in [6.07, 6.45) is 1.46. The van der Waals surface area contributed by atoms with Crippen molar-refractivity contribution >= 4 is 34.8 Å². The number of alkyl halides is 1. The van der Waals surface area contributed by atoms with Crippen molar-refractivity contribution in [3.63, 3.8) is 0 Å². The smallest absolute Gasteiger partial charge is 0.273 e. The second kappa shape index (κ2) is 12.3. The summed E-state index contributed by atoms with van der Waals surface area (Å²) >= 11 is 7.28. The summed E-state index contributed by atoms with van der Waals surface area (Å²) in [7, 11) is 0. The largest absolute Gasteiger partial charge is 0.489 e. The van der Waals surface area contributed by atoms with E-state index < -0.39 is 12.6 Å². The van der Waals surface area contributed by atoms with Gasteiger partial charge >= 0.3 is 0 Å². The number of carbonyl (C=O) groups excluding carboxylic acids is 2. The Balaban J connectivity index is 1.75. The molecule has 12 heteroatoms. The van der Waals surface area contributed by atoms with Crippen molar-refractivity contribution in [3.05, 3.63) is 57.0 Å². The van der Waals surface area contributed by atoms with E-state index in [2.05, 4.69) is 20.9 Å². The van der Waals surface area contributed by atoms with Crippen molar-refractivity contribution in [3.8, 4) is 11.4 Å². The number of ether oxygens (including phenoxy) is 2. The number of hydrogen-bond acceptors (Lipinski definition) is 7. The van der Waals surface area contributed by atoms with Crippen LogP contribution in [0, 0.1) is 0 Å². The van der Waals surface area contributed by atoms with E-state index in [4.69, 9.17) is 21.1 Å². The fraction of sp³-hybridized carbons (Fsp3) is 0.333. The minimum Gasteiger partial charge on any atom is -0.489 e. The second-order valence-electron chi connectivity index (χ2n) is 6.63. The lowest BCUT2D eigenvalue weighted by Crippen LogP contribution is -2.23. The third-order valence-corrected chi connectivity index (χ3v) is 5.52. The first-order chi connectivity index (χ1) is 16.0. The molecule has 0 aliphatic heterocycles. The lowest BCUT2D eigenvalue weighted by atomic mass is 10.1. The van der Waals surface area contributed by atoms with E-state index in [0.717, 1.165) is 4.88 Å². The van der Waals surface area contributed by atoms with Crippen LogP contribution >= 0.6 is 22.9 Å². The van der Waals surface area contributed by atoms with E-state index >= 15 is 0 Å². The lowest BCUT2D eigenvalue weighted by molar-refractivity contribution is 0.0894. The molecule has 2 N–H and O–H groups in total. The molecule has 2 heterocycles. The number of nitrogens with one attached hydrogen (secondary N) is 2. The Hall–Kier alpha value is -3.02. The van der Waals surface area contributed by atoms with Crippen LogP contribution < -0.4 is 15.4 Å². The Bertz CT molecular complexity index is 1090. The van der Waals surface area contributed by atoms with Gasteiger partial charge in [0.25, 0.3) is 11.8 Å². The summed E-state index contributed by atoms with van der Waals surface area (Å²) in [5.74, 6) is -0.311. The van der Waals surface area contributed by atoms with Crippen LogP contribution in [0.1, 0.15) is 32.6 Å². The Labute approximate surface area is 198 Å². The molecule has 0 unspecified atom stereocenters. The highest BCUT2D eigenvalue weighted by Crippen LogP contribution is 2.25. The van der Waals surface area contributed by atoms with Gasteiger partial charge in [0.15, 0.2) is 5.69 Å². The van der Waals surface area contributed by atoms with Gasteiger partial charge in [0.1, 0.15) is 24.7 Å². The van der Waals surface area contributed by atoms with Gasteiger partial charge < -0.3 is 20.1 Å². The second-order valence-corrected chi connectivity index (χ2v) is 8.43. The van der Waals surface area contributed by atoms with Gasteiger partial charge in [0.2, 0.25) is 0 Å². The minimum absolute atomic E-state index is 0.0195. The van der Waals surface area contributed by atoms with Gasteiger partial charge in [-0.25, -0.2) is 9.07 Å². The van der Waals surface area contributed by atoms with Gasteiger partial charge in [-0.05, 0) is 37.3 Å². The molecule has 33 heavy (non-hydrogen) atoms. The number of aromatic nitrogens is 3. The van der Waals surface area contributed by atoms with Gasteiger partial charge in [0, 0.05) is 17.0 Å². The predicted octanol–water partition coefficient (Wildman–Crippen LogP) is 3.03. The SMILES string of the molecule is CCNC(=O)c1ccc(-n2cc(C(=O)NCc3ccc(Cl)s3)nn2)c(OCCOCCF)c1. The summed E-state index contributed by atoms with van der Waals surface area (Å²) in [6, 6.07) is 8.43. The van der Waals surface area contributed by atoms with Gasteiger partial charge in [-0.2, -0.15) is 0 Å². The number of amides is 2. The molecule has 0 aliphatic rings. The first-order valence-corrected chi connectivity index (χ1v) is 11.3.